The molecule has 3 N–H and O–H groups in total. The fourth-order valence-electron chi connectivity index (χ4n) is 1.45. The molecule has 0 aliphatic carbocycles. The number of anilines is 2. The number of hydrogen-bond acceptors (Lipinski definition) is 6. The van der Waals surface area contributed by atoms with E-state index in [0.717, 1.165) is 30.1 Å². The van der Waals surface area contributed by atoms with Crippen molar-refractivity contribution >= 4 is 28.9 Å². The van der Waals surface area contributed by atoms with E-state index in [9.17, 15) is 4.79 Å². The van der Waals surface area contributed by atoms with Crippen LogP contribution in [0, 0.1) is 0 Å². The number of pyridine rings is 1. The molecular weight excluding hydrogens is 250 g/mol. The first-order valence-corrected chi connectivity index (χ1v) is 6.32. The van der Waals surface area contributed by atoms with Gasteiger partial charge in [0.1, 0.15) is 10.7 Å². The third-order valence-electron chi connectivity index (χ3n) is 2.29. The molecule has 0 atom stereocenters. The first kappa shape index (κ1) is 12.4. The van der Waals surface area contributed by atoms with Crippen LogP contribution < -0.4 is 11.1 Å². The molecule has 2 rings (SSSR count). The number of rotatable bonds is 4. The molecule has 2 aromatic heterocycles. The Hall–Kier alpha value is -2.02. The summed E-state index contributed by atoms with van der Waals surface area (Å²) >= 11 is 1.10. The quantitative estimate of drug-likeness (QED) is 0.876. The highest BCUT2D eigenvalue weighted by Gasteiger charge is 2.15. The van der Waals surface area contributed by atoms with Gasteiger partial charge in [0.05, 0.1) is 17.6 Å². The van der Waals surface area contributed by atoms with Gasteiger partial charge in [-0.25, -0.2) is 4.98 Å². The summed E-state index contributed by atoms with van der Waals surface area (Å²) in [7, 11) is 0. The summed E-state index contributed by atoms with van der Waals surface area (Å²) < 4.78 is 3.81. The van der Waals surface area contributed by atoms with Crippen LogP contribution >= 0.6 is 11.5 Å². The van der Waals surface area contributed by atoms with Crippen molar-refractivity contribution < 1.29 is 4.79 Å². The molecule has 2 aromatic rings. The minimum Gasteiger partial charge on any atom is -0.384 e. The summed E-state index contributed by atoms with van der Waals surface area (Å²) in [6.07, 6.45) is 3.19. The van der Waals surface area contributed by atoms with Crippen molar-refractivity contribution in [2.75, 3.05) is 11.1 Å². The largest absolute Gasteiger partial charge is 0.384 e. The number of nitrogens with one attached hydrogen (secondary N) is 1. The van der Waals surface area contributed by atoms with E-state index in [2.05, 4.69) is 19.9 Å². The summed E-state index contributed by atoms with van der Waals surface area (Å²) in [4.78, 5) is 16.5. The molecule has 0 fully saturated rings. The van der Waals surface area contributed by atoms with Gasteiger partial charge in [-0.1, -0.05) is 17.8 Å². The molecule has 94 valence electrons. The molecule has 1 amide bonds. The van der Waals surface area contributed by atoms with Gasteiger partial charge in [0.25, 0.3) is 5.91 Å². The van der Waals surface area contributed by atoms with E-state index >= 15 is 0 Å². The predicted molar refractivity (Wildman–Crippen MR) is 70.5 cm³/mol. The third kappa shape index (κ3) is 2.80. The normalized spacial score (nSPS) is 10.3. The SMILES string of the molecule is CCCc1nnsc1C(=O)Nc1ccc(N)nc1. The Balaban J connectivity index is 2.11. The fraction of sp³-hybridized carbons (Fsp3) is 0.273. The molecule has 0 aliphatic rings. The maximum atomic E-state index is 12.0. The minimum absolute atomic E-state index is 0.208. The number of aromatic nitrogens is 3. The smallest absolute Gasteiger partial charge is 0.269 e. The van der Waals surface area contributed by atoms with Gasteiger partial charge in [0.15, 0.2) is 0 Å². The Bertz CT molecular complexity index is 537. The van der Waals surface area contributed by atoms with Crippen LogP contribution in [0.5, 0.6) is 0 Å². The van der Waals surface area contributed by atoms with Gasteiger partial charge in [-0.05, 0) is 30.1 Å². The van der Waals surface area contributed by atoms with E-state index in [1.54, 1.807) is 12.1 Å². The third-order valence-corrected chi connectivity index (χ3v) is 3.06. The van der Waals surface area contributed by atoms with Gasteiger partial charge in [-0.2, -0.15) is 0 Å². The second-order valence-corrected chi connectivity index (χ2v) is 4.48. The lowest BCUT2D eigenvalue weighted by Gasteiger charge is -2.03. The molecule has 0 aliphatic heterocycles. The zero-order valence-corrected chi connectivity index (χ0v) is 10.7. The van der Waals surface area contributed by atoms with Crippen molar-refractivity contribution in [2.24, 2.45) is 0 Å². The summed E-state index contributed by atoms with van der Waals surface area (Å²) in [6.45, 7) is 2.03. The minimum atomic E-state index is -0.208. The molecule has 0 radical (unpaired) electrons. The van der Waals surface area contributed by atoms with Crippen LogP contribution in [0.15, 0.2) is 18.3 Å². The van der Waals surface area contributed by atoms with Crippen LogP contribution in [-0.2, 0) is 6.42 Å². The first-order chi connectivity index (χ1) is 8.70. The summed E-state index contributed by atoms with van der Waals surface area (Å²) in [6, 6.07) is 3.34. The lowest BCUT2D eigenvalue weighted by molar-refractivity contribution is 0.102. The van der Waals surface area contributed by atoms with E-state index in [4.69, 9.17) is 5.73 Å². The van der Waals surface area contributed by atoms with Gasteiger partial charge < -0.3 is 11.1 Å². The molecule has 0 spiro atoms. The number of nitrogens with zero attached hydrogens (tertiary/aromatic N) is 3. The van der Waals surface area contributed by atoms with Crippen LogP contribution in [-0.4, -0.2) is 20.5 Å². The summed E-state index contributed by atoms with van der Waals surface area (Å²) in [5, 5.41) is 6.70. The zero-order chi connectivity index (χ0) is 13.0. The topological polar surface area (TPSA) is 93.8 Å². The van der Waals surface area contributed by atoms with Gasteiger partial charge in [-0.15, -0.1) is 5.10 Å². The number of aryl methyl sites for hydroxylation is 1. The van der Waals surface area contributed by atoms with E-state index in [-0.39, 0.29) is 5.91 Å². The van der Waals surface area contributed by atoms with Crippen molar-refractivity contribution in [2.45, 2.75) is 19.8 Å². The van der Waals surface area contributed by atoms with Crippen LogP contribution in [0.1, 0.15) is 28.7 Å². The van der Waals surface area contributed by atoms with Gasteiger partial charge >= 0.3 is 0 Å². The highest BCUT2D eigenvalue weighted by atomic mass is 32.1. The predicted octanol–water partition coefficient (Wildman–Crippen LogP) is 1.72. The number of amides is 1. The monoisotopic (exact) mass is 263 g/mol. The molecular formula is C11H13N5OS. The molecule has 0 unspecified atom stereocenters. The average molecular weight is 263 g/mol. The number of carbonyl (C=O) groups is 1. The van der Waals surface area contributed by atoms with E-state index in [1.165, 1.54) is 6.20 Å². The Morgan fingerprint density at radius 1 is 1.50 bits per heavy atom. The molecule has 0 aromatic carbocycles. The van der Waals surface area contributed by atoms with Crippen LogP contribution in [0.4, 0.5) is 11.5 Å². The number of carbonyl (C=O) groups excluding carboxylic acids is 1. The molecule has 0 saturated carbocycles. The second-order valence-electron chi connectivity index (χ2n) is 3.72. The molecule has 18 heavy (non-hydrogen) atoms. The number of nitrogens with two attached hydrogens (primary N) is 1. The molecule has 7 heteroatoms. The van der Waals surface area contributed by atoms with Crippen molar-refractivity contribution in [3.63, 3.8) is 0 Å². The second kappa shape index (κ2) is 5.54. The molecule has 6 nitrogen and oxygen atoms in total. The highest BCUT2D eigenvalue weighted by molar-refractivity contribution is 7.08. The number of hydrogen-bond donors (Lipinski definition) is 2. The van der Waals surface area contributed by atoms with Crippen molar-refractivity contribution in [3.05, 3.63) is 28.9 Å². The summed E-state index contributed by atoms with van der Waals surface area (Å²) in [5.41, 5.74) is 6.82. The Kier molecular flexibility index (Phi) is 3.83. The highest BCUT2D eigenvalue weighted by Crippen LogP contribution is 2.15. The molecule has 0 saturated heterocycles. The lowest BCUT2D eigenvalue weighted by Crippen LogP contribution is -2.12. The Labute approximate surface area is 108 Å². The number of nitrogen functional groups attached to an aromatic ring is 1. The zero-order valence-electron chi connectivity index (χ0n) is 9.88. The maximum absolute atomic E-state index is 12.0. The van der Waals surface area contributed by atoms with Crippen LogP contribution in [0.3, 0.4) is 0 Å². The van der Waals surface area contributed by atoms with Crippen LogP contribution in [0.25, 0.3) is 0 Å². The Morgan fingerprint density at radius 3 is 3.00 bits per heavy atom. The summed E-state index contributed by atoms with van der Waals surface area (Å²) in [5.74, 6) is 0.208. The van der Waals surface area contributed by atoms with E-state index in [1.807, 2.05) is 6.92 Å². The Morgan fingerprint density at radius 2 is 2.33 bits per heavy atom. The average Bonchev–Trinajstić information content (AvgIpc) is 2.81. The molecule has 2 heterocycles. The molecule has 0 bridgehead atoms. The maximum Gasteiger partial charge on any atom is 0.269 e. The lowest BCUT2D eigenvalue weighted by atomic mass is 10.2. The van der Waals surface area contributed by atoms with Crippen LogP contribution in [0.2, 0.25) is 0 Å². The van der Waals surface area contributed by atoms with Crippen molar-refractivity contribution in [1.29, 1.82) is 0 Å². The van der Waals surface area contributed by atoms with E-state index < -0.39 is 0 Å². The van der Waals surface area contributed by atoms with Crippen molar-refractivity contribution in [3.8, 4) is 0 Å². The standard InChI is InChI=1S/C11H13N5OS/c1-2-3-8-10(18-16-15-8)11(17)14-7-4-5-9(12)13-6-7/h4-6H,2-3H2,1H3,(H2,12,13)(H,14,17). The van der Waals surface area contributed by atoms with Gasteiger partial charge in [-0.3, -0.25) is 4.79 Å². The van der Waals surface area contributed by atoms with Crippen molar-refractivity contribution in [1.82, 2.24) is 14.6 Å². The fourth-order valence-corrected chi connectivity index (χ4v) is 2.05. The van der Waals surface area contributed by atoms with Gasteiger partial charge in [0.2, 0.25) is 0 Å². The van der Waals surface area contributed by atoms with Gasteiger partial charge in [0, 0.05) is 0 Å². The van der Waals surface area contributed by atoms with E-state index in [0.29, 0.717) is 16.4 Å². The first-order valence-electron chi connectivity index (χ1n) is 5.54.